The molecule has 3 heteroatoms. The highest BCUT2D eigenvalue weighted by atomic mass is 16.6. The van der Waals surface area contributed by atoms with E-state index in [1.54, 1.807) is 13.8 Å². The molecule has 1 fully saturated rings. The summed E-state index contributed by atoms with van der Waals surface area (Å²) < 4.78 is 5.68. The van der Waals surface area contributed by atoms with Crippen molar-refractivity contribution in [3.8, 4) is 0 Å². The fourth-order valence-corrected chi connectivity index (χ4v) is 3.21. The molecule has 0 amide bonds. The van der Waals surface area contributed by atoms with E-state index in [1.807, 2.05) is 13.0 Å². The summed E-state index contributed by atoms with van der Waals surface area (Å²) in [6, 6.07) is 0. The second-order valence-corrected chi connectivity index (χ2v) is 6.24. The van der Waals surface area contributed by atoms with Gasteiger partial charge in [0.2, 0.25) is 0 Å². The number of carbonyl (C=O) groups excluding carboxylic acids is 1. The van der Waals surface area contributed by atoms with Crippen LogP contribution >= 0.6 is 0 Å². The molecule has 100 valence electrons. The molecule has 0 aromatic heterocycles. The van der Waals surface area contributed by atoms with Gasteiger partial charge in [0.15, 0.2) is 0 Å². The summed E-state index contributed by atoms with van der Waals surface area (Å²) in [5.74, 6) is 0.0433. The Bertz CT molecular complexity index is 428. The van der Waals surface area contributed by atoms with Crippen molar-refractivity contribution in [1.29, 1.82) is 0 Å². The zero-order valence-corrected chi connectivity index (χ0v) is 11.6. The van der Waals surface area contributed by atoms with Gasteiger partial charge in [-0.3, -0.25) is 0 Å². The Hall–Kier alpha value is -1.09. The lowest BCUT2D eigenvalue weighted by Gasteiger charge is -2.32. The van der Waals surface area contributed by atoms with Gasteiger partial charge in [-0.25, -0.2) is 4.79 Å². The smallest absolute Gasteiger partial charge is 0.337 e. The van der Waals surface area contributed by atoms with E-state index in [4.69, 9.17) is 4.74 Å². The second kappa shape index (κ2) is 3.95. The van der Waals surface area contributed by atoms with Gasteiger partial charge in [-0.05, 0) is 39.7 Å². The molecule has 1 aliphatic heterocycles. The van der Waals surface area contributed by atoms with Crippen LogP contribution in [0.2, 0.25) is 0 Å². The van der Waals surface area contributed by atoms with Crippen LogP contribution in [0.4, 0.5) is 0 Å². The van der Waals surface area contributed by atoms with Crippen LogP contribution in [0.3, 0.4) is 0 Å². The Balaban J connectivity index is 2.46. The third kappa shape index (κ3) is 1.81. The van der Waals surface area contributed by atoms with Crippen molar-refractivity contribution in [3.05, 3.63) is 23.8 Å². The molecule has 0 radical (unpaired) electrons. The van der Waals surface area contributed by atoms with Gasteiger partial charge in [0.05, 0.1) is 11.2 Å². The number of ether oxygens (including phenoxy) is 1. The maximum Gasteiger partial charge on any atom is 0.337 e. The number of hydrogen-bond donors (Lipinski definition) is 1. The molecule has 1 aliphatic carbocycles. The average molecular weight is 250 g/mol. The predicted molar refractivity (Wildman–Crippen MR) is 69.9 cm³/mol. The topological polar surface area (TPSA) is 46.5 Å². The minimum atomic E-state index is -1.15. The van der Waals surface area contributed by atoms with Gasteiger partial charge in [0, 0.05) is 11.8 Å². The zero-order valence-electron chi connectivity index (χ0n) is 11.6. The number of carbonyl (C=O) groups is 1. The molecule has 18 heavy (non-hydrogen) atoms. The third-order valence-electron chi connectivity index (χ3n) is 4.32. The van der Waals surface area contributed by atoms with Crippen LogP contribution in [0.25, 0.3) is 0 Å². The molecule has 1 spiro atoms. The Labute approximate surface area is 109 Å². The molecule has 0 aromatic rings. The Kier molecular flexibility index (Phi) is 2.93. The summed E-state index contributed by atoms with van der Waals surface area (Å²) in [7, 11) is 0. The fraction of sp³-hybridized carbons (Fsp3) is 0.667. The molecule has 1 unspecified atom stereocenters. The maximum atomic E-state index is 12.0. The van der Waals surface area contributed by atoms with E-state index < -0.39 is 11.2 Å². The summed E-state index contributed by atoms with van der Waals surface area (Å²) in [4.78, 5) is 12.0. The van der Waals surface area contributed by atoms with Crippen molar-refractivity contribution in [2.45, 2.75) is 51.7 Å². The molecule has 0 aromatic carbocycles. The van der Waals surface area contributed by atoms with Crippen LogP contribution in [-0.4, -0.2) is 22.3 Å². The van der Waals surface area contributed by atoms with E-state index in [1.165, 1.54) is 0 Å². The van der Waals surface area contributed by atoms with Crippen molar-refractivity contribution >= 4 is 5.97 Å². The van der Waals surface area contributed by atoms with Crippen molar-refractivity contribution in [3.63, 3.8) is 0 Å². The van der Waals surface area contributed by atoms with Crippen molar-refractivity contribution in [2.75, 3.05) is 0 Å². The van der Waals surface area contributed by atoms with Gasteiger partial charge in [0.1, 0.15) is 5.60 Å². The average Bonchev–Trinajstić information content (AvgIpc) is 2.70. The molecular formula is C15H22O3. The number of hydrogen-bond acceptors (Lipinski definition) is 3. The van der Waals surface area contributed by atoms with Gasteiger partial charge >= 0.3 is 5.97 Å². The molecule has 2 rings (SSSR count). The Morgan fingerprint density at radius 1 is 1.56 bits per heavy atom. The Morgan fingerprint density at radius 3 is 2.61 bits per heavy atom. The zero-order chi connectivity index (χ0) is 13.7. The third-order valence-corrected chi connectivity index (χ3v) is 4.32. The van der Waals surface area contributed by atoms with E-state index in [-0.39, 0.29) is 17.8 Å². The second-order valence-electron chi connectivity index (χ2n) is 6.24. The van der Waals surface area contributed by atoms with Crippen LogP contribution in [0.5, 0.6) is 0 Å². The first kappa shape index (κ1) is 13.3. The summed E-state index contributed by atoms with van der Waals surface area (Å²) in [6.45, 7) is 11.3. The molecule has 0 saturated heterocycles. The monoisotopic (exact) mass is 250 g/mol. The molecular weight excluding hydrogens is 228 g/mol. The maximum absolute atomic E-state index is 12.0. The SMILES string of the molecule is C=C(C)[C@@H]1CC[C@H](C)C12C=C(C(C)(C)O)C(=O)O2. The summed E-state index contributed by atoms with van der Waals surface area (Å²) >= 11 is 0. The molecule has 1 N–H and O–H groups in total. The summed E-state index contributed by atoms with van der Waals surface area (Å²) in [5.41, 5.74) is -0.316. The van der Waals surface area contributed by atoms with Gasteiger partial charge in [-0.1, -0.05) is 19.1 Å². The van der Waals surface area contributed by atoms with E-state index in [0.29, 0.717) is 5.57 Å². The highest BCUT2D eigenvalue weighted by Gasteiger charge is 2.55. The Morgan fingerprint density at radius 2 is 2.17 bits per heavy atom. The fourth-order valence-electron chi connectivity index (χ4n) is 3.21. The highest BCUT2D eigenvalue weighted by molar-refractivity contribution is 5.93. The highest BCUT2D eigenvalue weighted by Crippen LogP contribution is 2.51. The first-order valence-electron chi connectivity index (χ1n) is 6.53. The lowest BCUT2D eigenvalue weighted by molar-refractivity contribution is -0.152. The lowest BCUT2D eigenvalue weighted by Crippen LogP contribution is -2.38. The van der Waals surface area contributed by atoms with Crippen LogP contribution in [0, 0.1) is 11.8 Å². The van der Waals surface area contributed by atoms with Crippen molar-refractivity contribution in [1.82, 2.24) is 0 Å². The van der Waals surface area contributed by atoms with Gasteiger partial charge in [-0.2, -0.15) is 0 Å². The van der Waals surface area contributed by atoms with Crippen molar-refractivity contribution < 1.29 is 14.6 Å². The number of rotatable bonds is 2. The van der Waals surface area contributed by atoms with Crippen LogP contribution in [0.15, 0.2) is 23.8 Å². The van der Waals surface area contributed by atoms with E-state index in [2.05, 4.69) is 13.5 Å². The summed E-state index contributed by atoms with van der Waals surface area (Å²) in [6.07, 6.45) is 3.85. The van der Waals surface area contributed by atoms with Crippen LogP contribution in [0.1, 0.15) is 40.5 Å². The number of aliphatic hydroxyl groups is 1. The van der Waals surface area contributed by atoms with Gasteiger partial charge in [0.25, 0.3) is 0 Å². The lowest BCUT2D eigenvalue weighted by atomic mass is 9.80. The quantitative estimate of drug-likeness (QED) is 0.605. The molecule has 0 bridgehead atoms. The van der Waals surface area contributed by atoms with Gasteiger partial charge in [-0.15, -0.1) is 0 Å². The predicted octanol–water partition coefficient (Wildman–Crippen LogP) is 2.60. The van der Waals surface area contributed by atoms with Crippen LogP contribution < -0.4 is 0 Å². The first-order valence-corrected chi connectivity index (χ1v) is 6.53. The molecule has 3 nitrogen and oxygen atoms in total. The first-order chi connectivity index (χ1) is 8.18. The molecule has 3 atom stereocenters. The normalized spacial score (nSPS) is 35.8. The standard InChI is InChI=1S/C15H22O3/c1-9(2)11-7-6-10(3)15(11)8-12(13(16)18-15)14(4,5)17/h8,10-11,17H,1,6-7H2,2-5H3/t10-,11-,15?/m0/s1. The molecule has 1 saturated carbocycles. The number of esters is 1. The van der Waals surface area contributed by atoms with E-state index >= 15 is 0 Å². The molecule has 2 aliphatic rings. The van der Waals surface area contributed by atoms with Crippen molar-refractivity contribution in [2.24, 2.45) is 11.8 Å². The van der Waals surface area contributed by atoms with Gasteiger partial charge < -0.3 is 9.84 Å². The van der Waals surface area contributed by atoms with E-state index in [9.17, 15) is 9.90 Å². The van der Waals surface area contributed by atoms with E-state index in [0.717, 1.165) is 18.4 Å². The minimum absolute atomic E-state index is 0.163. The largest absolute Gasteiger partial charge is 0.450 e. The summed E-state index contributed by atoms with van der Waals surface area (Å²) in [5, 5.41) is 10.1. The minimum Gasteiger partial charge on any atom is -0.450 e. The van der Waals surface area contributed by atoms with Crippen LogP contribution in [-0.2, 0) is 9.53 Å². The molecule has 1 heterocycles.